The first-order valence-corrected chi connectivity index (χ1v) is 7.36. The zero-order valence-electron chi connectivity index (χ0n) is 12.0. The summed E-state index contributed by atoms with van der Waals surface area (Å²) in [5.41, 5.74) is 10.9. The number of nitrogens with two attached hydrogens (primary N) is 2. The van der Waals surface area contributed by atoms with Crippen molar-refractivity contribution in [3.63, 3.8) is 0 Å². The molecule has 0 aromatic rings. The molecule has 0 aliphatic rings. The van der Waals surface area contributed by atoms with Crippen molar-refractivity contribution in [3.8, 4) is 0 Å². The fourth-order valence-electron chi connectivity index (χ4n) is 1.50. The lowest BCUT2D eigenvalue weighted by Crippen LogP contribution is -2.54. The third-order valence-corrected chi connectivity index (χ3v) is 3.24. The van der Waals surface area contributed by atoms with E-state index in [4.69, 9.17) is 16.6 Å². The molecule has 0 bridgehead atoms. The van der Waals surface area contributed by atoms with Crippen molar-refractivity contribution >= 4 is 30.4 Å². The fraction of sp³-hybridized carbons (Fsp3) is 0.750. The molecule has 0 unspecified atom stereocenters. The molecular formula is C12H24N4O4S. The van der Waals surface area contributed by atoms with Gasteiger partial charge in [0.05, 0.1) is 6.04 Å². The number of amides is 2. The topological polar surface area (TPSA) is 148 Å². The molecular weight excluding hydrogens is 296 g/mol. The Hall–Kier alpha value is -1.32. The number of carbonyl (C=O) groups excluding carboxylic acids is 2. The van der Waals surface area contributed by atoms with E-state index in [1.807, 2.05) is 0 Å². The highest BCUT2D eigenvalue weighted by molar-refractivity contribution is 7.80. The largest absolute Gasteiger partial charge is 0.480 e. The molecule has 0 radical (unpaired) electrons. The summed E-state index contributed by atoms with van der Waals surface area (Å²) in [6.07, 6.45) is 1.69. The number of unbranched alkanes of at least 4 members (excludes halogenated alkanes) is 1. The molecule has 9 heteroatoms. The summed E-state index contributed by atoms with van der Waals surface area (Å²) in [7, 11) is 0. The molecule has 0 aliphatic heterocycles. The smallest absolute Gasteiger partial charge is 0.325 e. The summed E-state index contributed by atoms with van der Waals surface area (Å²) in [6, 6.07) is -2.70. The molecule has 2 amide bonds. The second kappa shape index (κ2) is 10.4. The van der Waals surface area contributed by atoms with Crippen LogP contribution in [0, 0.1) is 0 Å². The number of hydrogen-bond acceptors (Lipinski definition) is 6. The minimum atomic E-state index is -1.15. The Labute approximate surface area is 129 Å². The van der Waals surface area contributed by atoms with Crippen molar-refractivity contribution in [3.05, 3.63) is 0 Å². The molecule has 7 N–H and O–H groups in total. The molecule has 0 saturated heterocycles. The molecule has 8 nitrogen and oxygen atoms in total. The molecule has 0 heterocycles. The summed E-state index contributed by atoms with van der Waals surface area (Å²) >= 11 is 3.92. The molecule has 0 rings (SSSR count). The minimum Gasteiger partial charge on any atom is -0.480 e. The third-order valence-electron chi connectivity index (χ3n) is 2.84. The monoisotopic (exact) mass is 320 g/mol. The maximum absolute atomic E-state index is 12.0. The highest BCUT2D eigenvalue weighted by atomic mass is 32.1. The van der Waals surface area contributed by atoms with Gasteiger partial charge in [-0.2, -0.15) is 12.6 Å². The first-order chi connectivity index (χ1) is 9.83. The summed E-state index contributed by atoms with van der Waals surface area (Å²) in [5.74, 6) is -2.06. The number of hydrogen-bond donors (Lipinski definition) is 6. The van der Waals surface area contributed by atoms with Gasteiger partial charge in [0.2, 0.25) is 11.8 Å². The van der Waals surface area contributed by atoms with E-state index in [0.717, 1.165) is 0 Å². The lowest BCUT2D eigenvalue weighted by Gasteiger charge is -2.21. The molecule has 0 aliphatic carbocycles. The van der Waals surface area contributed by atoms with Gasteiger partial charge in [0, 0.05) is 5.75 Å². The van der Waals surface area contributed by atoms with E-state index in [9.17, 15) is 14.4 Å². The zero-order chi connectivity index (χ0) is 16.4. The van der Waals surface area contributed by atoms with Crippen LogP contribution in [0.15, 0.2) is 0 Å². The maximum Gasteiger partial charge on any atom is 0.325 e. The number of nitrogens with one attached hydrogen (secondary N) is 2. The van der Waals surface area contributed by atoms with Crippen molar-refractivity contribution in [2.75, 3.05) is 12.3 Å². The third kappa shape index (κ3) is 7.88. The molecule has 0 spiro atoms. The van der Waals surface area contributed by atoms with E-state index in [0.29, 0.717) is 25.8 Å². The van der Waals surface area contributed by atoms with E-state index in [1.165, 1.54) is 6.92 Å². The maximum atomic E-state index is 12.0. The number of carboxylic acid groups (broad SMARTS) is 1. The number of rotatable bonds is 10. The van der Waals surface area contributed by atoms with Crippen LogP contribution in [0.25, 0.3) is 0 Å². The van der Waals surface area contributed by atoms with Crippen molar-refractivity contribution in [2.24, 2.45) is 11.5 Å². The highest BCUT2D eigenvalue weighted by Crippen LogP contribution is 2.02. The van der Waals surface area contributed by atoms with Gasteiger partial charge in [-0.15, -0.1) is 0 Å². The van der Waals surface area contributed by atoms with E-state index in [1.54, 1.807) is 0 Å². The van der Waals surface area contributed by atoms with E-state index < -0.39 is 35.9 Å². The van der Waals surface area contributed by atoms with Crippen LogP contribution in [-0.4, -0.2) is 53.3 Å². The van der Waals surface area contributed by atoms with Gasteiger partial charge >= 0.3 is 5.97 Å². The average Bonchev–Trinajstić information content (AvgIpc) is 2.44. The number of aliphatic carboxylic acids is 1. The quantitative estimate of drug-likeness (QED) is 0.212. The number of thiol groups is 1. The van der Waals surface area contributed by atoms with Gasteiger partial charge in [-0.3, -0.25) is 14.4 Å². The predicted molar refractivity (Wildman–Crippen MR) is 81.9 cm³/mol. The Morgan fingerprint density at radius 1 is 1.19 bits per heavy atom. The van der Waals surface area contributed by atoms with Crippen molar-refractivity contribution in [1.29, 1.82) is 0 Å². The van der Waals surface area contributed by atoms with Crippen molar-refractivity contribution in [2.45, 2.75) is 44.3 Å². The molecule has 0 fully saturated rings. The number of carbonyl (C=O) groups is 3. The Balaban J connectivity index is 4.67. The second-order valence-electron chi connectivity index (χ2n) is 4.70. The summed E-state index contributed by atoms with van der Waals surface area (Å²) < 4.78 is 0. The average molecular weight is 320 g/mol. The van der Waals surface area contributed by atoms with Gasteiger partial charge in [0.15, 0.2) is 0 Å². The van der Waals surface area contributed by atoms with Crippen molar-refractivity contribution < 1.29 is 19.5 Å². The molecule has 0 saturated carbocycles. The lowest BCUT2D eigenvalue weighted by molar-refractivity contribution is -0.141. The first-order valence-electron chi connectivity index (χ1n) is 6.73. The van der Waals surface area contributed by atoms with E-state index in [2.05, 4.69) is 23.3 Å². The SMILES string of the molecule is C[C@H](NC(=O)[C@H](CCCCN)NC(=O)[C@@H](N)CS)C(=O)O. The van der Waals surface area contributed by atoms with E-state index in [-0.39, 0.29) is 5.75 Å². The standard InChI is InChI=1S/C12H24N4O4S/c1-7(12(19)20)15-11(18)9(4-2-3-5-13)16-10(17)8(14)6-21/h7-9,21H,2-6,13-14H2,1H3,(H,15,18)(H,16,17)(H,19,20)/t7-,8-,9-/m0/s1. The minimum absolute atomic E-state index is 0.147. The van der Waals surface area contributed by atoms with Crippen LogP contribution in [0.3, 0.4) is 0 Å². The summed E-state index contributed by atoms with van der Waals surface area (Å²) in [6.45, 7) is 1.82. The Morgan fingerprint density at radius 3 is 2.29 bits per heavy atom. The summed E-state index contributed by atoms with van der Waals surface area (Å²) in [4.78, 5) is 34.5. The molecule has 21 heavy (non-hydrogen) atoms. The Kier molecular flexibility index (Phi) is 9.76. The van der Waals surface area contributed by atoms with Crippen LogP contribution in [0.2, 0.25) is 0 Å². The van der Waals surface area contributed by atoms with Gasteiger partial charge in [0.1, 0.15) is 12.1 Å². The Bertz CT molecular complexity index is 367. The van der Waals surface area contributed by atoms with Crippen molar-refractivity contribution in [1.82, 2.24) is 10.6 Å². The highest BCUT2D eigenvalue weighted by Gasteiger charge is 2.25. The van der Waals surface area contributed by atoms with Gasteiger partial charge in [-0.05, 0) is 32.7 Å². The van der Waals surface area contributed by atoms with E-state index >= 15 is 0 Å². The summed E-state index contributed by atoms with van der Waals surface area (Å²) in [5, 5.41) is 13.6. The van der Waals surface area contributed by atoms with Crippen LogP contribution in [0.1, 0.15) is 26.2 Å². The van der Waals surface area contributed by atoms with Crippen LogP contribution < -0.4 is 22.1 Å². The Morgan fingerprint density at radius 2 is 1.81 bits per heavy atom. The molecule has 0 aromatic carbocycles. The molecule has 122 valence electrons. The lowest BCUT2D eigenvalue weighted by atomic mass is 10.1. The zero-order valence-corrected chi connectivity index (χ0v) is 12.9. The van der Waals surface area contributed by atoms with Crippen LogP contribution in [-0.2, 0) is 14.4 Å². The molecule has 3 atom stereocenters. The van der Waals surface area contributed by atoms with Crippen LogP contribution in [0.4, 0.5) is 0 Å². The normalized spacial score (nSPS) is 14.9. The van der Waals surface area contributed by atoms with Gasteiger partial charge < -0.3 is 27.2 Å². The second-order valence-corrected chi connectivity index (χ2v) is 5.07. The van der Waals surface area contributed by atoms with Crippen LogP contribution >= 0.6 is 12.6 Å². The van der Waals surface area contributed by atoms with Gasteiger partial charge in [-0.25, -0.2) is 0 Å². The predicted octanol–water partition coefficient (Wildman–Crippen LogP) is -1.55. The van der Waals surface area contributed by atoms with Gasteiger partial charge in [-0.1, -0.05) is 0 Å². The van der Waals surface area contributed by atoms with Crippen LogP contribution in [0.5, 0.6) is 0 Å². The van der Waals surface area contributed by atoms with Gasteiger partial charge in [0.25, 0.3) is 0 Å². The number of carboxylic acids is 1. The molecule has 0 aromatic heterocycles. The fourth-order valence-corrected chi connectivity index (χ4v) is 1.66. The first kappa shape index (κ1) is 19.7.